The molecule has 3 nitrogen and oxygen atoms in total. The van der Waals surface area contributed by atoms with Gasteiger partial charge in [0.25, 0.3) is 0 Å². The number of ether oxygens (including phenoxy) is 2. The average molecular weight is 293 g/mol. The lowest BCUT2D eigenvalue weighted by atomic mass is 9.69. The minimum atomic E-state index is -0.275. The van der Waals surface area contributed by atoms with Crippen LogP contribution in [0.3, 0.4) is 0 Å². The molecular formula is C17H24FNO2. The molecule has 21 heavy (non-hydrogen) atoms. The molecule has 1 aromatic carbocycles. The lowest BCUT2D eigenvalue weighted by molar-refractivity contribution is 0.249. The summed E-state index contributed by atoms with van der Waals surface area (Å²) in [6, 6.07) is 3.02. The fourth-order valence-electron chi connectivity index (χ4n) is 3.40. The van der Waals surface area contributed by atoms with E-state index in [1.54, 1.807) is 13.2 Å². The van der Waals surface area contributed by atoms with Crippen molar-refractivity contribution in [2.75, 3.05) is 13.7 Å². The van der Waals surface area contributed by atoms with E-state index < -0.39 is 0 Å². The van der Waals surface area contributed by atoms with Crippen LogP contribution in [0.4, 0.5) is 4.39 Å². The third-order valence-corrected chi connectivity index (χ3v) is 4.82. The summed E-state index contributed by atoms with van der Waals surface area (Å²) in [6.45, 7) is 0.528. The van der Waals surface area contributed by atoms with Crippen molar-refractivity contribution in [3.63, 3.8) is 0 Å². The molecule has 116 valence electrons. The van der Waals surface area contributed by atoms with E-state index in [2.05, 4.69) is 0 Å². The Morgan fingerprint density at radius 1 is 1.24 bits per heavy atom. The Bertz CT molecular complexity index is 508. The molecule has 0 heterocycles. The van der Waals surface area contributed by atoms with E-state index in [0.717, 1.165) is 44.1 Å². The highest BCUT2D eigenvalue weighted by molar-refractivity contribution is 5.51. The molecule has 1 aromatic rings. The molecule has 2 aliphatic rings. The summed E-state index contributed by atoms with van der Waals surface area (Å²) in [5.74, 6) is 0.937. The van der Waals surface area contributed by atoms with E-state index in [1.165, 1.54) is 12.5 Å². The topological polar surface area (TPSA) is 44.5 Å². The smallest absolute Gasteiger partial charge is 0.165 e. The van der Waals surface area contributed by atoms with Gasteiger partial charge in [-0.3, -0.25) is 0 Å². The SMILES string of the molecule is COc1cc(F)cc(C2(CN)CCCCC2)c1OC1CC1. The summed E-state index contributed by atoms with van der Waals surface area (Å²) in [5, 5.41) is 0. The monoisotopic (exact) mass is 293 g/mol. The number of rotatable bonds is 5. The molecule has 0 aromatic heterocycles. The van der Waals surface area contributed by atoms with Crippen LogP contribution < -0.4 is 15.2 Å². The summed E-state index contributed by atoms with van der Waals surface area (Å²) in [4.78, 5) is 0. The summed E-state index contributed by atoms with van der Waals surface area (Å²) >= 11 is 0. The maximum Gasteiger partial charge on any atom is 0.165 e. The fourth-order valence-corrected chi connectivity index (χ4v) is 3.40. The van der Waals surface area contributed by atoms with Gasteiger partial charge in [-0.05, 0) is 31.7 Å². The van der Waals surface area contributed by atoms with Crippen LogP contribution in [0.1, 0.15) is 50.5 Å². The molecule has 2 fully saturated rings. The van der Waals surface area contributed by atoms with Gasteiger partial charge < -0.3 is 15.2 Å². The maximum atomic E-state index is 14.0. The Morgan fingerprint density at radius 2 is 1.95 bits per heavy atom. The minimum absolute atomic E-state index is 0.169. The van der Waals surface area contributed by atoms with E-state index in [-0.39, 0.29) is 17.3 Å². The molecule has 2 N–H and O–H groups in total. The van der Waals surface area contributed by atoms with Gasteiger partial charge in [-0.25, -0.2) is 4.39 Å². The first kappa shape index (κ1) is 14.6. The molecule has 0 saturated heterocycles. The van der Waals surface area contributed by atoms with Gasteiger partial charge in [0.1, 0.15) is 5.82 Å². The van der Waals surface area contributed by atoms with Crippen LogP contribution in [0.15, 0.2) is 12.1 Å². The Morgan fingerprint density at radius 3 is 2.52 bits per heavy atom. The number of benzene rings is 1. The van der Waals surface area contributed by atoms with Gasteiger partial charge in [-0.2, -0.15) is 0 Å². The molecule has 2 aliphatic carbocycles. The molecule has 0 atom stereocenters. The number of halogens is 1. The maximum absolute atomic E-state index is 14.0. The highest BCUT2D eigenvalue weighted by Crippen LogP contribution is 2.47. The lowest BCUT2D eigenvalue weighted by Gasteiger charge is -2.38. The van der Waals surface area contributed by atoms with E-state index in [4.69, 9.17) is 15.2 Å². The van der Waals surface area contributed by atoms with Crippen molar-refractivity contribution in [3.05, 3.63) is 23.5 Å². The number of hydrogen-bond donors (Lipinski definition) is 1. The van der Waals surface area contributed by atoms with Crippen LogP contribution in [0.2, 0.25) is 0 Å². The summed E-state index contributed by atoms with van der Waals surface area (Å²) in [5.41, 5.74) is 6.85. The van der Waals surface area contributed by atoms with Crippen LogP contribution in [0, 0.1) is 5.82 Å². The van der Waals surface area contributed by atoms with E-state index in [0.29, 0.717) is 18.0 Å². The van der Waals surface area contributed by atoms with Crippen molar-refractivity contribution >= 4 is 0 Å². The molecule has 4 heteroatoms. The van der Waals surface area contributed by atoms with Gasteiger partial charge in [-0.1, -0.05) is 19.3 Å². The van der Waals surface area contributed by atoms with Gasteiger partial charge >= 0.3 is 0 Å². The fraction of sp³-hybridized carbons (Fsp3) is 0.647. The molecule has 0 aliphatic heterocycles. The van der Waals surface area contributed by atoms with Crippen LogP contribution in [0.5, 0.6) is 11.5 Å². The first-order valence-corrected chi connectivity index (χ1v) is 7.93. The Labute approximate surface area is 125 Å². The largest absolute Gasteiger partial charge is 0.493 e. The Kier molecular flexibility index (Phi) is 4.07. The minimum Gasteiger partial charge on any atom is -0.493 e. The lowest BCUT2D eigenvalue weighted by Crippen LogP contribution is -2.37. The summed E-state index contributed by atoms with van der Waals surface area (Å²) in [7, 11) is 1.56. The van der Waals surface area contributed by atoms with E-state index in [1.807, 2.05) is 0 Å². The van der Waals surface area contributed by atoms with Crippen molar-refractivity contribution in [2.45, 2.75) is 56.5 Å². The van der Waals surface area contributed by atoms with Crippen molar-refractivity contribution in [3.8, 4) is 11.5 Å². The van der Waals surface area contributed by atoms with Crippen LogP contribution in [-0.2, 0) is 5.41 Å². The summed E-state index contributed by atoms with van der Waals surface area (Å²) in [6.07, 6.45) is 7.88. The van der Waals surface area contributed by atoms with Crippen LogP contribution in [0.25, 0.3) is 0 Å². The molecule has 0 unspecified atom stereocenters. The second-order valence-corrected chi connectivity index (χ2v) is 6.35. The molecule has 2 saturated carbocycles. The predicted molar refractivity (Wildman–Crippen MR) is 80.4 cm³/mol. The van der Waals surface area contributed by atoms with Gasteiger partial charge in [0.05, 0.1) is 13.2 Å². The number of hydrogen-bond acceptors (Lipinski definition) is 3. The third-order valence-electron chi connectivity index (χ3n) is 4.82. The summed E-state index contributed by atoms with van der Waals surface area (Å²) < 4.78 is 25.5. The average Bonchev–Trinajstić information content (AvgIpc) is 3.33. The zero-order valence-electron chi connectivity index (χ0n) is 12.7. The van der Waals surface area contributed by atoms with Crippen molar-refractivity contribution < 1.29 is 13.9 Å². The highest BCUT2D eigenvalue weighted by atomic mass is 19.1. The highest BCUT2D eigenvalue weighted by Gasteiger charge is 2.38. The van der Waals surface area contributed by atoms with Gasteiger partial charge in [0.15, 0.2) is 11.5 Å². The first-order valence-electron chi connectivity index (χ1n) is 7.93. The van der Waals surface area contributed by atoms with Gasteiger partial charge in [0, 0.05) is 23.6 Å². The molecule has 0 bridgehead atoms. The zero-order valence-corrected chi connectivity index (χ0v) is 12.7. The first-order chi connectivity index (χ1) is 10.2. The number of nitrogens with two attached hydrogens (primary N) is 1. The van der Waals surface area contributed by atoms with E-state index >= 15 is 0 Å². The van der Waals surface area contributed by atoms with Crippen LogP contribution >= 0.6 is 0 Å². The zero-order chi connectivity index (χ0) is 14.9. The van der Waals surface area contributed by atoms with Crippen molar-refractivity contribution in [1.29, 1.82) is 0 Å². The normalized spacial score (nSPS) is 21.1. The molecule has 0 spiro atoms. The molecular weight excluding hydrogens is 269 g/mol. The standard InChI is InChI=1S/C17H24FNO2/c1-20-15-10-12(18)9-14(16(15)21-13-5-6-13)17(11-19)7-3-2-4-8-17/h9-10,13H,2-8,11,19H2,1H3. The van der Waals surface area contributed by atoms with Gasteiger partial charge in [-0.15, -0.1) is 0 Å². The number of methoxy groups -OCH3 is 1. The van der Waals surface area contributed by atoms with Crippen LogP contribution in [-0.4, -0.2) is 19.8 Å². The van der Waals surface area contributed by atoms with Crippen molar-refractivity contribution in [1.82, 2.24) is 0 Å². The quantitative estimate of drug-likeness (QED) is 0.903. The molecule has 3 rings (SSSR count). The Hall–Kier alpha value is -1.29. The molecule has 0 amide bonds. The predicted octanol–water partition coefficient (Wildman–Crippen LogP) is 3.54. The Balaban J connectivity index is 2.07. The third kappa shape index (κ3) is 2.86. The van der Waals surface area contributed by atoms with Crippen molar-refractivity contribution in [2.24, 2.45) is 5.73 Å². The van der Waals surface area contributed by atoms with Gasteiger partial charge in [0.2, 0.25) is 0 Å². The molecule has 0 radical (unpaired) electrons. The second-order valence-electron chi connectivity index (χ2n) is 6.35. The second kappa shape index (κ2) is 5.84. The van der Waals surface area contributed by atoms with E-state index in [9.17, 15) is 4.39 Å².